The number of rotatable bonds is 2. The minimum Gasteiger partial charge on any atom is -0.366 e. The molecule has 1 saturated carbocycles. The van der Waals surface area contributed by atoms with Crippen LogP contribution < -0.4 is 5.32 Å². The molecule has 1 atom stereocenters. The van der Waals surface area contributed by atoms with Gasteiger partial charge in [-0.2, -0.15) is 0 Å². The second-order valence-electron chi connectivity index (χ2n) is 5.74. The zero-order valence-electron chi connectivity index (χ0n) is 10.1. The van der Waals surface area contributed by atoms with Crippen LogP contribution in [0.2, 0.25) is 0 Å². The summed E-state index contributed by atoms with van der Waals surface area (Å²) in [7, 11) is 0. The lowest BCUT2D eigenvalue weighted by Gasteiger charge is -2.18. The van der Waals surface area contributed by atoms with Gasteiger partial charge in [0, 0.05) is 17.3 Å². The monoisotopic (exact) mass is 217 g/mol. The van der Waals surface area contributed by atoms with E-state index in [1.807, 2.05) is 0 Å². The maximum Gasteiger partial charge on any atom is 0.133 e. The van der Waals surface area contributed by atoms with Gasteiger partial charge in [0.05, 0.1) is 0 Å². The third kappa shape index (κ3) is 1.68. The molecule has 3 rings (SSSR count). The lowest BCUT2D eigenvalue weighted by Crippen LogP contribution is -2.15. The van der Waals surface area contributed by atoms with Gasteiger partial charge in [-0.05, 0) is 37.5 Å². The lowest BCUT2D eigenvalue weighted by atomic mass is 9.96. The predicted molar refractivity (Wildman–Crippen MR) is 64.5 cm³/mol. The third-order valence-corrected chi connectivity index (χ3v) is 3.95. The van der Waals surface area contributed by atoms with E-state index in [2.05, 4.69) is 29.1 Å². The molecule has 1 aromatic rings. The van der Waals surface area contributed by atoms with Gasteiger partial charge in [-0.3, -0.25) is 0 Å². The van der Waals surface area contributed by atoms with E-state index in [-0.39, 0.29) is 0 Å². The topological polar surface area (TPSA) is 37.8 Å². The number of aryl methyl sites for hydroxylation is 1. The molecule has 1 N–H and O–H groups in total. The van der Waals surface area contributed by atoms with Crippen molar-refractivity contribution in [3.63, 3.8) is 0 Å². The predicted octanol–water partition coefficient (Wildman–Crippen LogP) is 2.57. The van der Waals surface area contributed by atoms with Gasteiger partial charge in [0.2, 0.25) is 0 Å². The zero-order valence-corrected chi connectivity index (χ0v) is 10.1. The van der Waals surface area contributed by atoms with E-state index in [4.69, 9.17) is 0 Å². The van der Waals surface area contributed by atoms with Crippen molar-refractivity contribution in [3.8, 4) is 0 Å². The van der Waals surface area contributed by atoms with E-state index in [1.54, 1.807) is 6.33 Å². The van der Waals surface area contributed by atoms with Crippen molar-refractivity contribution in [2.45, 2.75) is 52.0 Å². The Morgan fingerprint density at radius 2 is 2.00 bits per heavy atom. The molecule has 0 spiro atoms. The van der Waals surface area contributed by atoms with E-state index >= 15 is 0 Å². The third-order valence-electron chi connectivity index (χ3n) is 3.95. The molecule has 0 aliphatic heterocycles. The molecule has 2 aliphatic carbocycles. The smallest absolute Gasteiger partial charge is 0.133 e. The van der Waals surface area contributed by atoms with Crippen molar-refractivity contribution in [1.29, 1.82) is 0 Å². The first-order chi connectivity index (χ1) is 7.67. The van der Waals surface area contributed by atoms with Crippen molar-refractivity contribution in [2.24, 2.45) is 5.41 Å². The van der Waals surface area contributed by atoms with Crippen LogP contribution in [-0.2, 0) is 12.8 Å². The molecular formula is C13H19N3. The van der Waals surface area contributed by atoms with Crippen LogP contribution in [0.5, 0.6) is 0 Å². The van der Waals surface area contributed by atoms with Gasteiger partial charge in [-0.25, -0.2) is 9.97 Å². The summed E-state index contributed by atoms with van der Waals surface area (Å²) in [6.45, 7) is 4.61. The summed E-state index contributed by atoms with van der Waals surface area (Å²) >= 11 is 0. The van der Waals surface area contributed by atoms with Crippen LogP contribution in [0.15, 0.2) is 6.33 Å². The van der Waals surface area contributed by atoms with E-state index in [1.165, 1.54) is 30.5 Å². The summed E-state index contributed by atoms with van der Waals surface area (Å²) in [5, 5.41) is 3.58. The van der Waals surface area contributed by atoms with Gasteiger partial charge in [0.15, 0.2) is 0 Å². The summed E-state index contributed by atoms with van der Waals surface area (Å²) in [5.74, 6) is 1.10. The first kappa shape index (κ1) is 10.1. The lowest BCUT2D eigenvalue weighted by molar-refractivity contribution is 0.626. The van der Waals surface area contributed by atoms with E-state index in [0.29, 0.717) is 11.5 Å². The zero-order chi connectivity index (χ0) is 11.2. The summed E-state index contributed by atoms with van der Waals surface area (Å²) in [6.07, 6.45) is 7.79. The number of hydrogen-bond donors (Lipinski definition) is 1. The summed E-state index contributed by atoms with van der Waals surface area (Å²) in [4.78, 5) is 8.81. The molecule has 3 heteroatoms. The van der Waals surface area contributed by atoms with Crippen molar-refractivity contribution < 1.29 is 0 Å². The Labute approximate surface area is 96.7 Å². The molecule has 1 heterocycles. The molecule has 0 bridgehead atoms. The van der Waals surface area contributed by atoms with E-state index in [0.717, 1.165) is 18.7 Å². The summed E-state index contributed by atoms with van der Waals surface area (Å²) < 4.78 is 0. The van der Waals surface area contributed by atoms with Crippen LogP contribution in [0.25, 0.3) is 0 Å². The molecule has 16 heavy (non-hydrogen) atoms. The molecule has 0 aromatic carbocycles. The quantitative estimate of drug-likeness (QED) is 0.827. The van der Waals surface area contributed by atoms with Crippen LogP contribution in [0, 0.1) is 5.41 Å². The Balaban J connectivity index is 1.84. The minimum atomic E-state index is 0.451. The minimum absolute atomic E-state index is 0.451. The van der Waals surface area contributed by atoms with Crippen LogP contribution in [0.1, 0.15) is 44.4 Å². The van der Waals surface area contributed by atoms with Gasteiger partial charge in [-0.15, -0.1) is 0 Å². The molecule has 0 amide bonds. The van der Waals surface area contributed by atoms with Crippen LogP contribution >= 0.6 is 0 Å². The molecule has 86 valence electrons. The normalized spacial score (nSPS) is 26.0. The van der Waals surface area contributed by atoms with E-state index in [9.17, 15) is 0 Å². The van der Waals surface area contributed by atoms with Crippen molar-refractivity contribution in [1.82, 2.24) is 9.97 Å². The van der Waals surface area contributed by atoms with Gasteiger partial charge in [-0.1, -0.05) is 13.8 Å². The van der Waals surface area contributed by atoms with Gasteiger partial charge in [0.25, 0.3) is 0 Å². The van der Waals surface area contributed by atoms with Gasteiger partial charge >= 0.3 is 0 Å². The molecule has 1 aromatic heterocycles. The molecule has 1 unspecified atom stereocenters. The number of aromatic nitrogens is 2. The molecule has 0 radical (unpaired) electrons. The fourth-order valence-electron chi connectivity index (χ4n) is 2.52. The average Bonchev–Trinajstić information content (AvgIpc) is 2.87. The average molecular weight is 217 g/mol. The summed E-state index contributed by atoms with van der Waals surface area (Å²) in [5.41, 5.74) is 3.09. The molecule has 1 fully saturated rings. The molecular weight excluding hydrogens is 198 g/mol. The number of nitrogens with one attached hydrogen (secondary N) is 1. The molecule has 3 nitrogen and oxygen atoms in total. The Morgan fingerprint density at radius 3 is 2.75 bits per heavy atom. The summed E-state index contributed by atoms with van der Waals surface area (Å²) in [6, 6.07) is 0.605. The second kappa shape index (κ2) is 3.44. The Kier molecular flexibility index (Phi) is 2.16. The Bertz CT molecular complexity index is 412. The van der Waals surface area contributed by atoms with E-state index < -0.39 is 0 Å². The van der Waals surface area contributed by atoms with Gasteiger partial charge in [0.1, 0.15) is 12.1 Å². The first-order valence-corrected chi connectivity index (χ1v) is 6.26. The maximum atomic E-state index is 4.42. The van der Waals surface area contributed by atoms with Crippen LogP contribution in [0.4, 0.5) is 5.82 Å². The SMILES string of the molecule is CC1(C)CC1Nc1ncnc2c1CCCC2. The van der Waals surface area contributed by atoms with Crippen molar-refractivity contribution in [3.05, 3.63) is 17.6 Å². The molecule has 0 saturated heterocycles. The van der Waals surface area contributed by atoms with Gasteiger partial charge < -0.3 is 5.32 Å². The van der Waals surface area contributed by atoms with Crippen molar-refractivity contribution >= 4 is 5.82 Å². The highest BCUT2D eigenvalue weighted by Gasteiger charge is 2.46. The number of nitrogens with zero attached hydrogens (tertiary/aromatic N) is 2. The number of anilines is 1. The van der Waals surface area contributed by atoms with Crippen molar-refractivity contribution in [2.75, 3.05) is 5.32 Å². The second-order valence-corrected chi connectivity index (χ2v) is 5.74. The van der Waals surface area contributed by atoms with Crippen LogP contribution in [-0.4, -0.2) is 16.0 Å². The highest BCUT2D eigenvalue weighted by atomic mass is 15.1. The van der Waals surface area contributed by atoms with Crippen LogP contribution in [0.3, 0.4) is 0 Å². The highest BCUT2D eigenvalue weighted by molar-refractivity contribution is 5.49. The number of hydrogen-bond acceptors (Lipinski definition) is 3. The molecule has 2 aliphatic rings. The fraction of sp³-hybridized carbons (Fsp3) is 0.692. The fourth-order valence-corrected chi connectivity index (χ4v) is 2.52. The first-order valence-electron chi connectivity index (χ1n) is 6.26. The Morgan fingerprint density at radius 1 is 1.25 bits per heavy atom. The number of fused-ring (bicyclic) bond motifs is 1. The Hall–Kier alpha value is -1.12. The standard InChI is InChI=1S/C13H19N3/c1-13(2)7-11(13)16-12-9-5-3-4-6-10(9)14-8-15-12/h8,11H,3-7H2,1-2H3,(H,14,15,16). The largest absolute Gasteiger partial charge is 0.366 e. The maximum absolute atomic E-state index is 4.42. The highest BCUT2D eigenvalue weighted by Crippen LogP contribution is 2.46.